The van der Waals surface area contributed by atoms with Gasteiger partial charge in [-0.05, 0) is 42.3 Å². The van der Waals surface area contributed by atoms with Gasteiger partial charge in [-0.25, -0.2) is 15.8 Å². The maximum atomic E-state index is 5.62. The van der Waals surface area contributed by atoms with Crippen LogP contribution in [-0.2, 0) is 0 Å². The van der Waals surface area contributed by atoms with E-state index < -0.39 is 0 Å². The molecule has 2 aromatic heterocycles. The lowest BCUT2D eigenvalue weighted by Gasteiger charge is -2.11. The van der Waals surface area contributed by atoms with Crippen LogP contribution in [-0.4, -0.2) is 15.0 Å². The number of aryl methyl sites for hydroxylation is 1. The average molecular weight is 377 g/mol. The molecule has 0 aliphatic heterocycles. The molecule has 0 radical (unpaired) electrons. The highest BCUT2D eigenvalue weighted by Crippen LogP contribution is 2.31. The Morgan fingerprint density at radius 1 is 0.759 bits per heavy atom. The molecule has 0 amide bonds. The molecule has 29 heavy (non-hydrogen) atoms. The van der Waals surface area contributed by atoms with Crippen LogP contribution in [0.2, 0.25) is 0 Å². The summed E-state index contributed by atoms with van der Waals surface area (Å²) in [5.74, 6) is 6.02. The maximum absolute atomic E-state index is 5.62. The van der Waals surface area contributed by atoms with E-state index in [2.05, 4.69) is 62.8 Å². The molecule has 0 saturated heterocycles. The molecule has 5 heteroatoms. The van der Waals surface area contributed by atoms with Crippen LogP contribution in [0.4, 0.5) is 5.95 Å². The Kier molecular flexibility index (Phi) is 4.15. The molecule has 0 fully saturated rings. The minimum atomic E-state index is 0.399. The van der Waals surface area contributed by atoms with Gasteiger partial charge in [0.2, 0.25) is 5.95 Å². The molecule has 2 heterocycles. The van der Waals surface area contributed by atoms with Crippen LogP contribution in [0.1, 0.15) is 5.56 Å². The Balaban J connectivity index is 1.68. The number of nitrogens with one attached hydrogen (secondary N) is 1. The van der Waals surface area contributed by atoms with Crippen molar-refractivity contribution < 1.29 is 0 Å². The summed E-state index contributed by atoms with van der Waals surface area (Å²) in [6.45, 7) is 2.05. The average Bonchev–Trinajstić information content (AvgIpc) is 2.77. The van der Waals surface area contributed by atoms with E-state index in [9.17, 15) is 0 Å². The zero-order valence-electron chi connectivity index (χ0n) is 15.9. The molecule has 0 aliphatic rings. The topological polar surface area (TPSA) is 76.7 Å². The molecule has 5 rings (SSSR count). The zero-order valence-corrected chi connectivity index (χ0v) is 15.9. The van der Waals surface area contributed by atoms with Gasteiger partial charge >= 0.3 is 0 Å². The summed E-state index contributed by atoms with van der Waals surface area (Å²) in [7, 11) is 0. The molecular weight excluding hydrogens is 358 g/mol. The summed E-state index contributed by atoms with van der Waals surface area (Å²) >= 11 is 0. The number of fused-ring (bicyclic) bond motifs is 2. The molecular formula is C24H19N5. The highest BCUT2D eigenvalue weighted by atomic mass is 15.3. The number of nitrogens with zero attached hydrogens (tertiary/aromatic N) is 3. The van der Waals surface area contributed by atoms with Crippen LogP contribution in [0.25, 0.3) is 44.2 Å². The van der Waals surface area contributed by atoms with Crippen molar-refractivity contribution in [3.8, 4) is 22.4 Å². The predicted octanol–water partition coefficient (Wildman–Crippen LogP) is 5.11. The van der Waals surface area contributed by atoms with Crippen molar-refractivity contribution in [2.75, 3.05) is 5.43 Å². The second kappa shape index (κ2) is 6.96. The van der Waals surface area contributed by atoms with Crippen LogP contribution < -0.4 is 11.3 Å². The van der Waals surface area contributed by atoms with Gasteiger partial charge in [-0.15, -0.1) is 0 Å². The van der Waals surface area contributed by atoms with Gasteiger partial charge in [0.15, 0.2) is 0 Å². The molecule has 3 aromatic carbocycles. The van der Waals surface area contributed by atoms with Crippen LogP contribution in [0.5, 0.6) is 0 Å². The summed E-state index contributed by atoms with van der Waals surface area (Å²) in [4.78, 5) is 13.7. The van der Waals surface area contributed by atoms with Gasteiger partial charge in [-0.2, -0.15) is 0 Å². The number of hydrazine groups is 1. The maximum Gasteiger partial charge on any atom is 0.238 e. The minimum Gasteiger partial charge on any atom is -0.292 e. The molecule has 0 atom stereocenters. The van der Waals surface area contributed by atoms with E-state index in [1.165, 1.54) is 0 Å². The van der Waals surface area contributed by atoms with Gasteiger partial charge in [0, 0.05) is 28.1 Å². The Bertz CT molecular complexity index is 1360. The Hall–Kier alpha value is -3.83. The van der Waals surface area contributed by atoms with Crippen molar-refractivity contribution in [2.45, 2.75) is 6.92 Å². The van der Waals surface area contributed by atoms with Crippen LogP contribution in [0, 0.1) is 6.92 Å². The van der Waals surface area contributed by atoms with Gasteiger partial charge in [-0.3, -0.25) is 10.4 Å². The lowest BCUT2D eigenvalue weighted by molar-refractivity contribution is 1.15. The normalized spacial score (nSPS) is 11.1. The lowest BCUT2D eigenvalue weighted by atomic mass is 9.99. The quantitative estimate of drug-likeness (QED) is 0.338. The standard InChI is InChI=1S/C24H19N5/c1-15-9-10-20-22(11-15)27-24(29-25)28-23(20)18-7-4-6-16(12-18)19-13-17-5-2-3-8-21(17)26-14-19/h2-14H,25H2,1H3,(H,27,28,29). The molecule has 3 N–H and O–H groups in total. The summed E-state index contributed by atoms with van der Waals surface area (Å²) in [6.07, 6.45) is 1.91. The fourth-order valence-electron chi connectivity index (χ4n) is 3.60. The van der Waals surface area contributed by atoms with Crippen molar-refractivity contribution in [2.24, 2.45) is 5.84 Å². The van der Waals surface area contributed by atoms with E-state index >= 15 is 0 Å². The summed E-state index contributed by atoms with van der Waals surface area (Å²) in [5.41, 5.74) is 9.57. The Morgan fingerprint density at radius 3 is 2.52 bits per heavy atom. The van der Waals surface area contributed by atoms with Gasteiger partial charge < -0.3 is 0 Å². The largest absolute Gasteiger partial charge is 0.292 e. The number of nitrogen functional groups attached to an aromatic ring is 1. The number of nitrogens with two attached hydrogens (primary N) is 1. The van der Waals surface area contributed by atoms with Crippen molar-refractivity contribution in [1.82, 2.24) is 15.0 Å². The monoisotopic (exact) mass is 377 g/mol. The number of anilines is 1. The second-order valence-electron chi connectivity index (χ2n) is 7.06. The Morgan fingerprint density at radius 2 is 1.62 bits per heavy atom. The van der Waals surface area contributed by atoms with Crippen LogP contribution >= 0.6 is 0 Å². The number of para-hydroxylation sites is 1. The fraction of sp³-hybridized carbons (Fsp3) is 0.0417. The Labute approximate surface area is 168 Å². The molecule has 5 nitrogen and oxygen atoms in total. The van der Waals surface area contributed by atoms with E-state index in [0.29, 0.717) is 5.95 Å². The third-order valence-corrected chi connectivity index (χ3v) is 5.04. The zero-order chi connectivity index (χ0) is 19.8. The van der Waals surface area contributed by atoms with E-state index in [0.717, 1.165) is 49.8 Å². The predicted molar refractivity (Wildman–Crippen MR) is 118 cm³/mol. The van der Waals surface area contributed by atoms with Crippen molar-refractivity contribution in [3.63, 3.8) is 0 Å². The molecule has 0 bridgehead atoms. The van der Waals surface area contributed by atoms with Gasteiger partial charge in [0.05, 0.1) is 16.7 Å². The van der Waals surface area contributed by atoms with Gasteiger partial charge in [0.1, 0.15) is 0 Å². The van der Waals surface area contributed by atoms with Crippen LogP contribution in [0.3, 0.4) is 0 Å². The third kappa shape index (κ3) is 3.17. The summed E-state index contributed by atoms with van der Waals surface area (Å²) < 4.78 is 0. The lowest BCUT2D eigenvalue weighted by Crippen LogP contribution is -2.11. The summed E-state index contributed by atoms with van der Waals surface area (Å²) in [5, 5.41) is 2.11. The van der Waals surface area contributed by atoms with E-state index in [1.807, 2.05) is 43.5 Å². The molecule has 140 valence electrons. The van der Waals surface area contributed by atoms with Gasteiger partial charge in [0.25, 0.3) is 0 Å². The molecule has 0 spiro atoms. The van der Waals surface area contributed by atoms with Crippen LogP contribution in [0.15, 0.2) is 79.0 Å². The number of rotatable bonds is 3. The number of benzene rings is 3. The highest BCUT2D eigenvalue weighted by molar-refractivity contribution is 5.94. The number of aromatic nitrogens is 3. The van der Waals surface area contributed by atoms with Crippen molar-refractivity contribution in [3.05, 3.63) is 84.6 Å². The van der Waals surface area contributed by atoms with Gasteiger partial charge in [-0.1, -0.05) is 48.5 Å². The smallest absolute Gasteiger partial charge is 0.238 e. The first-order valence-electron chi connectivity index (χ1n) is 9.42. The molecule has 0 aliphatic carbocycles. The third-order valence-electron chi connectivity index (χ3n) is 5.04. The fourth-order valence-corrected chi connectivity index (χ4v) is 3.60. The number of hydrogen-bond acceptors (Lipinski definition) is 5. The minimum absolute atomic E-state index is 0.399. The molecule has 0 unspecified atom stereocenters. The first kappa shape index (κ1) is 17.3. The van der Waals surface area contributed by atoms with Crippen molar-refractivity contribution >= 4 is 27.8 Å². The SMILES string of the molecule is Cc1ccc2c(-c3cccc(-c4cnc5ccccc5c4)c3)nc(NN)nc2c1. The van der Waals surface area contributed by atoms with E-state index in [4.69, 9.17) is 5.84 Å². The van der Waals surface area contributed by atoms with Crippen molar-refractivity contribution in [1.29, 1.82) is 0 Å². The number of hydrogen-bond donors (Lipinski definition) is 2. The first-order valence-corrected chi connectivity index (χ1v) is 9.42. The summed E-state index contributed by atoms with van der Waals surface area (Å²) in [6, 6.07) is 24.8. The van der Waals surface area contributed by atoms with E-state index in [-0.39, 0.29) is 0 Å². The highest BCUT2D eigenvalue weighted by Gasteiger charge is 2.11. The first-order chi connectivity index (χ1) is 14.2. The molecule has 0 saturated carbocycles. The number of pyridine rings is 1. The second-order valence-corrected chi connectivity index (χ2v) is 7.06. The van der Waals surface area contributed by atoms with E-state index in [1.54, 1.807) is 0 Å². The molecule has 5 aromatic rings.